The topological polar surface area (TPSA) is 102 Å². The number of aromatic nitrogens is 2. The van der Waals surface area contributed by atoms with Crippen molar-refractivity contribution >= 4 is 39.6 Å². The molecular weight excluding hydrogens is 478 g/mol. The van der Waals surface area contributed by atoms with E-state index in [1.165, 1.54) is 12.1 Å². The fourth-order valence-corrected chi connectivity index (χ4v) is 6.03. The van der Waals surface area contributed by atoms with E-state index in [1.807, 2.05) is 71.4 Å². The van der Waals surface area contributed by atoms with Gasteiger partial charge in [0.1, 0.15) is 11.2 Å². The summed E-state index contributed by atoms with van der Waals surface area (Å²) in [6, 6.07) is 26.4. The Balaban J connectivity index is 1.65. The number of non-ortho nitro benzene ring substituents is 1. The molecule has 0 fully saturated rings. The minimum absolute atomic E-state index is 0.0606. The van der Waals surface area contributed by atoms with E-state index < -0.39 is 10.3 Å². The SMILES string of the molecule is CCCc1nn(-c2ccccc2)c2c1C1(C(=O)Nc3ccc([N+](=O)[O-])cc31)c1ccc3ccccc3c1N2. The Bertz CT molecular complexity index is 1790. The number of rotatable bonds is 4. The van der Waals surface area contributed by atoms with Crippen molar-refractivity contribution in [2.75, 3.05) is 10.6 Å². The number of nitrogens with zero attached hydrogens (tertiary/aromatic N) is 3. The lowest BCUT2D eigenvalue weighted by atomic mass is 9.67. The predicted molar refractivity (Wildman–Crippen MR) is 146 cm³/mol. The third kappa shape index (κ3) is 2.85. The van der Waals surface area contributed by atoms with E-state index in [9.17, 15) is 14.9 Å². The second kappa shape index (κ2) is 8.01. The monoisotopic (exact) mass is 501 g/mol. The third-order valence-corrected chi connectivity index (χ3v) is 7.60. The first-order chi connectivity index (χ1) is 18.5. The van der Waals surface area contributed by atoms with Crippen LogP contribution in [0.3, 0.4) is 0 Å². The Labute approximate surface area is 218 Å². The number of nitro benzene ring substituents is 1. The molecule has 2 aliphatic heterocycles. The fraction of sp³-hybridized carbons (Fsp3) is 0.133. The van der Waals surface area contributed by atoms with E-state index in [4.69, 9.17) is 5.10 Å². The molecule has 3 heterocycles. The van der Waals surface area contributed by atoms with E-state index in [0.717, 1.165) is 45.4 Å². The number of amides is 1. The van der Waals surface area contributed by atoms with E-state index in [1.54, 1.807) is 6.07 Å². The quantitative estimate of drug-likeness (QED) is 0.225. The van der Waals surface area contributed by atoms with Crippen LogP contribution in [0.4, 0.5) is 22.9 Å². The molecule has 5 aromatic rings. The zero-order chi connectivity index (χ0) is 26.0. The van der Waals surface area contributed by atoms with Gasteiger partial charge in [0.05, 0.1) is 22.0 Å². The Kier molecular flexibility index (Phi) is 4.69. The average Bonchev–Trinajstić information content (AvgIpc) is 3.44. The van der Waals surface area contributed by atoms with Crippen LogP contribution in [0.15, 0.2) is 84.9 Å². The van der Waals surface area contributed by atoms with E-state index in [0.29, 0.717) is 23.5 Å². The molecule has 0 saturated carbocycles. The molecule has 4 aromatic carbocycles. The van der Waals surface area contributed by atoms with Gasteiger partial charge in [-0.05, 0) is 30.0 Å². The highest BCUT2D eigenvalue weighted by molar-refractivity contribution is 6.16. The maximum atomic E-state index is 14.3. The largest absolute Gasteiger partial charge is 0.339 e. The van der Waals surface area contributed by atoms with Crippen LogP contribution >= 0.6 is 0 Å². The van der Waals surface area contributed by atoms with Crippen molar-refractivity contribution in [3.05, 3.63) is 117 Å². The molecule has 38 heavy (non-hydrogen) atoms. The molecule has 0 radical (unpaired) electrons. The number of carbonyl (C=O) groups is 1. The highest BCUT2D eigenvalue weighted by Gasteiger charge is 2.57. The summed E-state index contributed by atoms with van der Waals surface area (Å²) < 4.78 is 1.86. The van der Waals surface area contributed by atoms with Crippen LogP contribution < -0.4 is 10.6 Å². The first kappa shape index (κ1) is 22.2. The molecule has 1 amide bonds. The van der Waals surface area contributed by atoms with Crippen molar-refractivity contribution in [1.82, 2.24) is 9.78 Å². The fourth-order valence-electron chi connectivity index (χ4n) is 6.03. The van der Waals surface area contributed by atoms with Crippen LogP contribution in [-0.2, 0) is 16.6 Å². The van der Waals surface area contributed by atoms with Crippen molar-refractivity contribution in [2.45, 2.75) is 25.2 Å². The van der Waals surface area contributed by atoms with Crippen LogP contribution in [0.5, 0.6) is 0 Å². The van der Waals surface area contributed by atoms with Gasteiger partial charge < -0.3 is 10.6 Å². The van der Waals surface area contributed by atoms with Gasteiger partial charge in [-0.3, -0.25) is 14.9 Å². The van der Waals surface area contributed by atoms with E-state index >= 15 is 0 Å². The van der Waals surface area contributed by atoms with Gasteiger partial charge in [-0.2, -0.15) is 5.10 Å². The predicted octanol–water partition coefficient (Wildman–Crippen LogP) is 6.23. The Morgan fingerprint density at radius 1 is 0.947 bits per heavy atom. The summed E-state index contributed by atoms with van der Waals surface area (Å²) in [6.07, 6.45) is 1.47. The summed E-state index contributed by atoms with van der Waals surface area (Å²) in [6.45, 7) is 2.08. The zero-order valence-electron chi connectivity index (χ0n) is 20.6. The number of nitro groups is 1. The third-order valence-electron chi connectivity index (χ3n) is 7.60. The summed E-state index contributed by atoms with van der Waals surface area (Å²) in [5.41, 5.74) is 3.71. The van der Waals surface area contributed by atoms with Crippen LogP contribution in [0, 0.1) is 10.1 Å². The van der Waals surface area contributed by atoms with Crippen molar-refractivity contribution < 1.29 is 9.72 Å². The van der Waals surface area contributed by atoms with Crippen molar-refractivity contribution in [3.63, 3.8) is 0 Å². The van der Waals surface area contributed by atoms with Gasteiger partial charge in [0.2, 0.25) is 5.91 Å². The number of fused-ring (bicyclic) bond motifs is 8. The minimum Gasteiger partial charge on any atom is -0.339 e. The van der Waals surface area contributed by atoms with Crippen molar-refractivity contribution in [1.29, 1.82) is 0 Å². The zero-order valence-corrected chi connectivity index (χ0v) is 20.6. The summed E-state index contributed by atoms with van der Waals surface area (Å²) in [5.74, 6) is 0.454. The molecule has 7 rings (SSSR count). The Morgan fingerprint density at radius 3 is 2.53 bits per heavy atom. The smallest absolute Gasteiger partial charge is 0.269 e. The molecular formula is C30H23N5O3. The van der Waals surface area contributed by atoms with Crippen LogP contribution in [-0.4, -0.2) is 20.6 Å². The number of carbonyl (C=O) groups excluding carboxylic acids is 1. The van der Waals surface area contributed by atoms with Crippen molar-refractivity contribution in [2.24, 2.45) is 0 Å². The molecule has 0 aliphatic carbocycles. The normalized spacial score (nSPS) is 17.0. The minimum atomic E-state index is -1.31. The van der Waals surface area contributed by atoms with Gasteiger partial charge in [-0.1, -0.05) is 67.9 Å². The number of benzene rings is 4. The molecule has 1 unspecified atom stereocenters. The molecule has 186 valence electrons. The average molecular weight is 502 g/mol. The van der Waals surface area contributed by atoms with Crippen molar-refractivity contribution in [3.8, 4) is 5.69 Å². The molecule has 0 saturated heterocycles. The summed E-state index contributed by atoms with van der Waals surface area (Å²) in [7, 11) is 0. The molecule has 8 nitrogen and oxygen atoms in total. The lowest BCUT2D eigenvalue weighted by molar-refractivity contribution is -0.384. The van der Waals surface area contributed by atoms with Crippen LogP contribution in [0.1, 0.15) is 35.7 Å². The Morgan fingerprint density at radius 2 is 1.74 bits per heavy atom. The summed E-state index contributed by atoms with van der Waals surface area (Å²) in [4.78, 5) is 25.7. The highest BCUT2D eigenvalue weighted by Crippen LogP contribution is 2.58. The second-order valence-electron chi connectivity index (χ2n) is 9.69. The summed E-state index contributed by atoms with van der Waals surface area (Å²) in [5, 5.41) is 25.6. The number of para-hydroxylation sites is 1. The van der Waals surface area contributed by atoms with E-state index in [-0.39, 0.29) is 11.6 Å². The molecule has 0 bridgehead atoms. The van der Waals surface area contributed by atoms with Crippen LogP contribution in [0.25, 0.3) is 16.5 Å². The standard InChI is InChI=1S/C30H23N5O3/c1-2-8-25-26-28(34(33-25)19-10-4-3-5-11-19)32-27-21-12-7-6-9-18(21)13-15-22(27)30(26)23-17-20(35(37)38)14-16-24(23)31-29(30)36/h3-7,9-17,32H,2,8H2,1H3,(H,31,36). The maximum absolute atomic E-state index is 14.3. The molecule has 1 atom stereocenters. The number of nitrogens with one attached hydrogen (secondary N) is 2. The van der Waals surface area contributed by atoms with Gasteiger partial charge in [0.15, 0.2) is 0 Å². The number of hydrogen-bond donors (Lipinski definition) is 2. The lowest BCUT2D eigenvalue weighted by Crippen LogP contribution is -2.41. The first-order valence-corrected chi connectivity index (χ1v) is 12.6. The van der Waals surface area contributed by atoms with Gasteiger partial charge in [-0.15, -0.1) is 0 Å². The molecule has 1 spiro atoms. The highest BCUT2D eigenvalue weighted by atomic mass is 16.6. The van der Waals surface area contributed by atoms with Gasteiger partial charge >= 0.3 is 0 Å². The van der Waals surface area contributed by atoms with Gasteiger partial charge in [0.25, 0.3) is 5.69 Å². The molecule has 2 N–H and O–H groups in total. The molecule has 2 aliphatic rings. The van der Waals surface area contributed by atoms with Gasteiger partial charge in [-0.25, -0.2) is 4.68 Å². The van der Waals surface area contributed by atoms with Gasteiger partial charge in [0, 0.05) is 39.9 Å². The van der Waals surface area contributed by atoms with Crippen LogP contribution in [0.2, 0.25) is 0 Å². The molecule has 8 heteroatoms. The lowest BCUT2D eigenvalue weighted by Gasteiger charge is -2.36. The van der Waals surface area contributed by atoms with E-state index in [2.05, 4.69) is 17.6 Å². The Hall–Kier alpha value is -4.98. The number of anilines is 3. The second-order valence-corrected chi connectivity index (χ2v) is 9.69. The first-order valence-electron chi connectivity index (χ1n) is 12.6. The number of hydrogen-bond acceptors (Lipinski definition) is 5. The molecule has 1 aromatic heterocycles. The summed E-state index contributed by atoms with van der Waals surface area (Å²) >= 11 is 0. The number of aryl methyl sites for hydroxylation is 1. The maximum Gasteiger partial charge on any atom is 0.269 e.